The van der Waals surface area contributed by atoms with E-state index in [1.54, 1.807) is 0 Å². The van der Waals surface area contributed by atoms with Gasteiger partial charge in [0.1, 0.15) is 6.04 Å². The SMILES string of the molecule is O=C(O)C(CS)CCCNC(CS)C(=O)O. The highest BCUT2D eigenvalue weighted by Gasteiger charge is 2.16. The van der Waals surface area contributed by atoms with Crippen molar-refractivity contribution < 1.29 is 19.8 Å². The number of rotatable bonds is 9. The number of thiol groups is 2. The molecule has 16 heavy (non-hydrogen) atoms. The zero-order chi connectivity index (χ0) is 12.6. The van der Waals surface area contributed by atoms with Crippen LogP contribution in [0.5, 0.6) is 0 Å². The van der Waals surface area contributed by atoms with Gasteiger partial charge in [-0.05, 0) is 19.4 Å². The van der Waals surface area contributed by atoms with E-state index in [1.807, 2.05) is 0 Å². The number of aliphatic carboxylic acids is 2. The maximum Gasteiger partial charge on any atom is 0.321 e. The van der Waals surface area contributed by atoms with E-state index >= 15 is 0 Å². The summed E-state index contributed by atoms with van der Waals surface area (Å²) in [7, 11) is 0. The van der Waals surface area contributed by atoms with E-state index in [9.17, 15) is 9.59 Å². The van der Waals surface area contributed by atoms with Gasteiger partial charge < -0.3 is 15.5 Å². The molecule has 0 amide bonds. The van der Waals surface area contributed by atoms with Gasteiger partial charge in [-0.3, -0.25) is 9.59 Å². The molecule has 0 aromatic heterocycles. The second-order valence-corrected chi connectivity index (χ2v) is 4.12. The van der Waals surface area contributed by atoms with E-state index in [0.29, 0.717) is 25.1 Å². The van der Waals surface area contributed by atoms with Crippen molar-refractivity contribution in [1.29, 1.82) is 0 Å². The first-order chi connectivity index (χ1) is 7.52. The molecule has 2 unspecified atom stereocenters. The molecule has 0 saturated carbocycles. The maximum atomic E-state index is 10.6. The molecule has 0 spiro atoms. The van der Waals surface area contributed by atoms with Crippen LogP contribution in [0.2, 0.25) is 0 Å². The largest absolute Gasteiger partial charge is 0.481 e. The van der Waals surface area contributed by atoms with Crippen LogP contribution in [0.3, 0.4) is 0 Å². The van der Waals surface area contributed by atoms with Gasteiger partial charge in [-0.25, -0.2) is 0 Å². The van der Waals surface area contributed by atoms with E-state index in [4.69, 9.17) is 10.2 Å². The highest BCUT2D eigenvalue weighted by Crippen LogP contribution is 2.08. The third-order valence-corrected chi connectivity index (χ3v) is 2.98. The van der Waals surface area contributed by atoms with Crippen LogP contribution in [-0.2, 0) is 9.59 Å². The molecule has 0 saturated heterocycles. The van der Waals surface area contributed by atoms with Crippen molar-refractivity contribution >= 4 is 37.2 Å². The summed E-state index contributed by atoms with van der Waals surface area (Å²) < 4.78 is 0. The summed E-state index contributed by atoms with van der Waals surface area (Å²) in [6.45, 7) is 0.467. The molecule has 5 nitrogen and oxygen atoms in total. The Morgan fingerprint density at radius 2 is 1.75 bits per heavy atom. The van der Waals surface area contributed by atoms with Crippen molar-refractivity contribution in [3.05, 3.63) is 0 Å². The smallest absolute Gasteiger partial charge is 0.321 e. The molecule has 2 atom stereocenters. The number of hydrogen-bond acceptors (Lipinski definition) is 5. The van der Waals surface area contributed by atoms with Gasteiger partial charge in [0.2, 0.25) is 0 Å². The van der Waals surface area contributed by atoms with E-state index < -0.39 is 23.9 Å². The molecule has 0 rings (SSSR count). The molecule has 94 valence electrons. The van der Waals surface area contributed by atoms with Crippen molar-refractivity contribution in [2.24, 2.45) is 5.92 Å². The maximum absolute atomic E-state index is 10.6. The summed E-state index contributed by atoms with van der Waals surface area (Å²) in [6.07, 6.45) is 1.10. The van der Waals surface area contributed by atoms with Crippen LogP contribution in [-0.4, -0.2) is 46.2 Å². The zero-order valence-corrected chi connectivity index (χ0v) is 10.6. The molecule has 3 N–H and O–H groups in total. The number of hydrogen-bond donors (Lipinski definition) is 5. The Morgan fingerprint density at radius 1 is 1.12 bits per heavy atom. The third kappa shape index (κ3) is 6.24. The fourth-order valence-electron chi connectivity index (χ4n) is 1.15. The minimum atomic E-state index is -0.945. The summed E-state index contributed by atoms with van der Waals surface area (Å²) in [6, 6.07) is -0.678. The Balaban J connectivity index is 3.73. The molecule has 0 radical (unpaired) electrons. The van der Waals surface area contributed by atoms with Crippen molar-refractivity contribution in [2.75, 3.05) is 18.1 Å². The standard InChI is InChI=1S/C9H17NO4S2/c11-8(12)6(4-15)2-1-3-10-7(5-16)9(13)14/h6-7,10,15-16H,1-5H2,(H,11,12)(H,13,14). The molecule has 0 bridgehead atoms. The van der Waals surface area contributed by atoms with Crippen molar-refractivity contribution in [3.8, 4) is 0 Å². The highest BCUT2D eigenvalue weighted by molar-refractivity contribution is 7.80. The Labute approximate surface area is 105 Å². The Bertz CT molecular complexity index is 214. The topological polar surface area (TPSA) is 86.6 Å². The predicted octanol–water partition coefficient (Wildman–Crippen LogP) is 0.370. The number of carboxylic acid groups (broad SMARTS) is 2. The van der Waals surface area contributed by atoms with E-state index in [2.05, 4.69) is 30.6 Å². The minimum Gasteiger partial charge on any atom is -0.481 e. The lowest BCUT2D eigenvalue weighted by molar-refractivity contribution is -0.141. The molecule has 0 aromatic carbocycles. The summed E-state index contributed by atoms with van der Waals surface area (Å²) in [5.74, 6) is -1.77. The quantitative estimate of drug-likeness (QED) is 0.308. The first kappa shape index (κ1) is 15.6. The Hall–Kier alpha value is -0.400. The molecule has 0 heterocycles. The van der Waals surface area contributed by atoms with Gasteiger partial charge in [0.25, 0.3) is 0 Å². The third-order valence-electron chi connectivity index (χ3n) is 2.17. The summed E-state index contributed by atoms with van der Waals surface area (Å²) in [5.41, 5.74) is 0. The van der Waals surface area contributed by atoms with Crippen LogP contribution in [0.25, 0.3) is 0 Å². The van der Waals surface area contributed by atoms with Crippen molar-refractivity contribution in [2.45, 2.75) is 18.9 Å². The van der Waals surface area contributed by atoms with Crippen LogP contribution >= 0.6 is 25.3 Å². The average Bonchev–Trinajstić information content (AvgIpc) is 2.22. The van der Waals surface area contributed by atoms with E-state index in [-0.39, 0.29) is 5.75 Å². The fraction of sp³-hybridized carbons (Fsp3) is 0.778. The minimum absolute atomic E-state index is 0.213. The monoisotopic (exact) mass is 267 g/mol. The average molecular weight is 267 g/mol. The van der Waals surface area contributed by atoms with E-state index in [0.717, 1.165) is 0 Å². The van der Waals surface area contributed by atoms with Crippen LogP contribution in [0.15, 0.2) is 0 Å². The van der Waals surface area contributed by atoms with Gasteiger partial charge in [-0.2, -0.15) is 25.3 Å². The molecular formula is C9H17NO4S2. The summed E-state index contributed by atoms with van der Waals surface area (Å²) in [5, 5.41) is 20.2. The molecular weight excluding hydrogens is 250 g/mol. The first-order valence-electron chi connectivity index (χ1n) is 4.93. The molecule has 0 fully saturated rings. The molecule has 0 aliphatic rings. The van der Waals surface area contributed by atoms with Crippen LogP contribution in [0.4, 0.5) is 0 Å². The molecule has 0 aliphatic heterocycles. The predicted molar refractivity (Wildman–Crippen MR) is 67.5 cm³/mol. The highest BCUT2D eigenvalue weighted by atomic mass is 32.1. The molecule has 7 heteroatoms. The second kappa shape index (κ2) is 8.72. The van der Waals surface area contributed by atoms with Gasteiger partial charge in [0.15, 0.2) is 0 Å². The Morgan fingerprint density at radius 3 is 2.12 bits per heavy atom. The number of carbonyl (C=O) groups is 2. The zero-order valence-electron chi connectivity index (χ0n) is 8.80. The number of carboxylic acids is 2. The van der Waals surface area contributed by atoms with Gasteiger partial charge in [-0.15, -0.1) is 0 Å². The molecule has 0 aromatic rings. The lowest BCUT2D eigenvalue weighted by Crippen LogP contribution is -2.38. The van der Waals surface area contributed by atoms with Gasteiger partial charge in [-0.1, -0.05) is 0 Å². The summed E-state index contributed by atoms with van der Waals surface area (Å²) >= 11 is 7.84. The van der Waals surface area contributed by atoms with Crippen LogP contribution in [0.1, 0.15) is 12.8 Å². The van der Waals surface area contributed by atoms with Crippen LogP contribution in [0, 0.1) is 5.92 Å². The fourth-order valence-corrected chi connectivity index (χ4v) is 1.77. The van der Waals surface area contributed by atoms with Crippen LogP contribution < -0.4 is 5.32 Å². The van der Waals surface area contributed by atoms with Crippen molar-refractivity contribution in [1.82, 2.24) is 5.32 Å². The van der Waals surface area contributed by atoms with E-state index in [1.165, 1.54) is 0 Å². The second-order valence-electron chi connectivity index (χ2n) is 3.39. The normalized spacial score (nSPS) is 14.4. The lowest BCUT2D eigenvalue weighted by Gasteiger charge is -2.13. The molecule has 0 aliphatic carbocycles. The Kier molecular flexibility index (Phi) is 8.50. The van der Waals surface area contributed by atoms with Gasteiger partial charge in [0.05, 0.1) is 5.92 Å². The van der Waals surface area contributed by atoms with Crippen molar-refractivity contribution in [3.63, 3.8) is 0 Å². The van der Waals surface area contributed by atoms with Gasteiger partial charge >= 0.3 is 11.9 Å². The lowest BCUT2D eigenvalue weighted by atomic mass is 10.1. The summed E-state index contributed by atoms with van der Waals surface area (Å²) in [4.78, 5) is 21.3. The first-order valence-corrected chi connectivity index (χ1v) is 6.20. The van der Waals surface area contributed by atoms with Gasteiger partial charge in [0, 0.05) is 11.5 Å². The number of nitrogens with one attached hydrogen (secondary N) is 1.